The van der Waals surface area contributed by atoms with Gasteiger partial charge in [-0.25, -0.2) is 4.39 Å². The first-order valence-electron chi connectivity index (χ1n) is 6.39. The molecule has 0 spiro atoms. The van der Waals surface area contributed by atoms with Gasteiger partial charge < -0.3 is 10.1 Å². The van der Waals surface area contributed by atoms with Crippen LogP contribution in [0, 0.1) is 5.92 Å². The van der Waals surface area contributed by atoms with E-state index in [0.717, 1.165) is 37.2 Å². The highest BCUT2D eigenvalue weighted by molar-refractivity contribution is 5.29. The Bertz CT molecular complexity index is 333. The van der Waals surface area contributed by atoms with Gasteiger partial charge in [0.1, 0.15) is 11.9 Å². The molecule has 2 atom stereocenters. The van der Waals surface area contributed by atoms with E-state index in [1.807, 2.05) is 31.2 Å². The van der Waals surface area contributed by atoms with Crippen LogP contribution in [0.5, 0.6) is 5.75 Å². The number of nitrogens with one attached hydrogen (secondary N) is 1. The lowest BCUT2D eigenvalue weighted by Gasteiger charge is -2.26. The van der Waals surface area contributed by atoms with Gasteiger partial charge in [0, 0.05) is 12.5 Å². The molecule has 0 saturated carbocycles. The highest BCUT2D eigenvalue weighted by atomic mass is 19.1. The average Bonchev–Trinajstić information content (AvgIpc) is 2.40. The van der Waals surface area contributed by atoms with Gasteiger partial charge in [-0.1, -0.05) is 12.1 Å². The van der Waals surface area contributed by atoms with E-state index in [4.69, 9.17) is 4.74 Å². The molecule has 2 unspecified atom stereocenters. The third kappa shape index (κ3) is 3.19. The van der Waals surface area contributed by atoms with Crippen LogP contribution in [-0.2, 0) is 0 Å². The highest BCUT2D eigenvalue weighted by Gasteiger charge is 2.24. The van der Waals surface area contributed by atoms with Gasteiger partial charge in [0.05, 0.1) is 6.61 Å². The molecular formula is C14H20FNO. The van der Waals surface area contributed by atoms with Crippen LogP contribution in [0.1, 0.15) is 31.5 Å². The molecule has 0 radical (unpaired) electrons. The number of alkyl halides is 1. The molecule has 0 amide bonds. The second kappa shape index (κ2) is 6.01. The molecule has 1 aliphatic rings. The Morgan fingerprint density at radius 2 is 2.18 bits per heavy atom. The van der Waals surface area contributed by atoms with Crippen molar-refractivity contribution in [3.05, 3.63) is 29.8 Å². The summed E-state index contributed by atoms with van der Waals surface area (Å²) in [5, 5.41) is 3.25. The minimum absolute atomic E-state index is 0.113. The minimum atomic E-state index is -0.863. The fourth-order valence-corrected chi connectivity index (χ4v) is 2.32. The zero-order chi connectivity index (χ0) is 12.1. The zero-order valence-electron chi connectivity index (χ0n) is 10.3. The Kier molecular flexibility index (Phi) is 4.37. The van der Waals surface area contributed by atoms with E-state index < -0.39 is 6.17 Å². The first-order valence-corrected chi connectivity index (χ1v) is 6.39. The predicted octanol–water partition coefficient (Wildman–Crippen LogP) is 3.10. The van der Waals surface area contributed by atoms with Crippen molar-refractivity contribution >= 4 is 0 Å². The second-order valence-corrected chi connectivity index (χ2v) is 4.51. The van der Waals surface area contributed by atoms with Gasteiger partial charge in [-0.2, -0.15) is 0 Å². The van der Waals surface area contributed by atoms with Gasteiger partial charge in [-0.3, -0.25) is 0 Å². The molecule has 2 nitrogen and oxygen atoms in total. The molecule has 17 heavy (non-hydrogen) atoms. The van der Waals surface area contributed by atoms with Gasteiger partial charge in [0.2, 0.25) is 0 Å². The lowest BCUT2D eigenvalue weighted by atomic mass is 9.90. The maximum atomic E-state index is 14.3. The zero-order valence-corrected chi connectivity index (χ0v) is 10.3. The van der Waals surface area contributed by atoms with Crippen LogP contribution in [0.15, 0.2) is 24.3 Å². The van der Waals surface area contributed by atoms with Crippen molar-refractivity contribution in [3.63, 3.8) is 0 Å². The van der Waals surface area contributed by atoms with Crippen molar-refractivity contribution in [2.24, 2.45) is 5.92 Å². The molecule has 1 heterocycles. The van der Waals surface area contributed by atoms with Gasteiger partial charge in [0.15, 0.2) is 0 Å². The quantitative estimate of drug-likeness (QED) is 0.868. The normalized spacial score (nSPS) is 22.1. The van der Waals surface area contributed by atoms with Crippen LogP contribution in [0.2, 0.25) is 0 Å². The predicted molar refractivity (Wildman–Crippen MR) is 67.1 cm³/mol. The van der Waals surface area contributed by atoms with E-state index in [1.54, 1.807) is 0 Å². The average molecular weight is 237 g/mol. The first kappa shape index (κ1) is 12.4. The van der Waals surface area contributed by atoms with Crippen LogP contribution in [0.4, 0.5) is 4.39 Å². The maximum Gasteiger partial charge on any atom is 0.129 e. The summed E-state index contributed by atoms with van der Waals surface area (Å²) in [6.07, 6.45) is 1.18. The summed E-state index contributed by atoms with van der Waals surface area (Å²) in [4.78, 5) is 0. The van der Waals surface area contributed by atoms with Crippen molar-refractivity contribution < 1.29 is 9.13 Å². The molecule has 0 aliphatic carbocycles. The Balaban J connectivity index is 2.00. The maximum absolute atomic E-state index is 14.3. The van der Waals surface area contributed by atoms with Crippen molar-refractivity contribution in [2.75, 3.05) is 19.7 Å². The number of halogens is 1. The van der Waals surface area contributed by atoms with Crippen LogP contribution in [0.3, 0.4) is 0 Å². The molecule has 1 aromatic carbocycles. The molecule has 1 aromatic rings. The molecule has 1 aliphatic heterocycles. The lowest BCUT2D eigenvalue weighted by Crippen LogP contribution is -2.32. The lowest BCUT2D eigenvalue weighted by molar-refractivity contribution is 0.194. The highest BCUT2D eigenvalue weighted by Crippen LogP contribution is 2.31. The molecule has 2 rings (SSSR count). The smallest absolute Gasteiger partial charge is 0.129 e. The Morgan fingerprint density at radius 1 is 1.41 bits per heavy atom. The molecule has 0 bridgehead atoms. The molecular weight excluding hydrogens is 217 g/mol. The summed E-state index contributed by atoms with van der Waals surface area (Å²) in [7, 11) is 0. The largest absolute Gasteiger partial charge is 0.494 e. The fraction of sp³-hybridized carbons (Fsp3) is 0.571. The number of piperidine rings is 1. The third-order valence-corrected chi connectivity index (χ3v) is 3.26. The molecule has 1 N–H and O–H groups in total. The second-order valence-electron chi connectivity index (χ2n) is 4.51. The van der Waals surface area contributed by atoms with Crippen LogP contribution in [0.25, 0.3) is 0 Å². The summed E-state index contributed by atoms with van der Waals surface area (Å²) >= 11 is 0. The van der Waals surface area contributed by atoms with Crippen LogP contribution in [-0.4, -0.2) is 19.7 Å². The van der Waals surface area contributed by atoms with Gasteiger partial charge in [-0.05, 0) is 44.0 Å². The SMILES string of the molecule is CCOc1ccc(C(F)C2CCCNC2)cc1. The minimum Gasteiger partial charge on any atom is -0.494 e. The Morgan fingerprint density at radius 3 is 2.76 bits per heavy atom. The van der Waals surface area contributed by atoms with Crippen LogP contribution < -0.4 is 10.1 Å². The fourth-order valence-electron chi connectivity index (χ4n) is 2.32. The molecule has 3 heteroatoms. The Hall–Kier alpha value is -1.09. The number of hydrogen-bond donors (Lipinski definition) is 1. The monoisotopic (exact) mass is 237 g/mol. The van der Waals surface area contributed by atoms with Crippen molar-refractivity contribution in [1.82, 2.24) is 5.32 Å². The van der Waals surface area contributed by atoms with Crippen molar-refractivity contribution in [1.29, 1.82) is 0 Å². The van der Waals surface area contributed by atoms with E-state index in [9.17, 15) is 4.39 Å². The van der Waals surface area contributed by atoms with Gasteiger partial charge >= 0.3 is 0 Å². The third-order valence-electron chi connectivity index (χ3n) is 3.26. The number of benzene rings is 1. The summed E-state index contributed by atoms with van der Waals surface area (Å²) in [6.45, 7) is 4.39. The number of rotatable bonds is 4. The summed E-state index contributed by atoms with van der Waals surface area (Å²) < 4.78 is 19.6. The van der Waals surface area contributed by atoms with Crippen molar-refractivity contribution in [2.45, 2.75) is 25.9 Å². The van der Waals surface area contributed by atoms with E-state index in [1.165, 1.54) is 0 Å². The van der Waals surface area contributed by atoms with E-state index in [-0.39, 0.29) is 5.92 Å². The standard InChI is InChI=1S/C14H20FNO/c1-2-17-13-7-5-11(6-8-13)14(15)12-4-3-9-16-10-12/h5-8,12,14,16H,2-4,9-10H2,1H3. The summed E-state index contributed by atoms with van der Waals surface area (Å²) in [6, 6.07) is 7.37. The summed E-state index contributed by atoms with van der Waals surface area (Å²) in [5.74, 6) is 0.923. The first-order chi connectivity index (χ1) is 8.31. The molecule has 1 fully saturated rings. The van der Waals surface area contributed by atoms with Crippen molar-refractivity contribution in [3.8, 4) is 5.75 Å². The van der Waals surface area contributed by atoms with Crippen LogP contribution >= 0.6 is 0 Å². The molecule has 1 saturated heterocycles. The van der Waals surface area contributed by atoms with E-state index in [2.05, 4.69) is 5.32 Å². The van der Waals surface area contributed by atoms with Gasteiger partial charge in [-0.15, -0.1) is 0 Å². The molecule has 94 valence electrons. The van der Waals surface area contributed by atoms with E-state index in [0.29, 0.717) is 6.61 Å². The summed E-state index contributed by atoms with van der Waals surface area (Å²) in [5.41, 5.74) is 0.766. The molecule has 0 aromatic heterocycles. The topological polar surface area (TPSA) is 21.3 Å². The Labute approximate surface area is 102 Å². The van der Waals surface area contributed by atoms with E-state index >= 15 is 0 Å². The number of ether oxygens (including phenoxy) is 1. The number of hydrogen-bond acceptors (Lipinski definition) is 2. The van der Waals surface area contributed by atoms with Gasteiger partial charge in [0.25, 0.3) is 0 Å².